The maximum absolute atomic E-state index is 11.1. The van der Waals surface area contributed by atoms with E-state index in [1.807, 2.05) is 0 Å². The van der Waals surface area contributed by atoms with Crippen LogP contribution in [0.2, 0.25) is 0 Å². The Morgan fingerprint density at radius 3 is 2.74 bits per heavy atom. The second kappa shape index (κ2) is 4.22. The fourth-order valence-corrected chi connectivity index (χ4v) is 6.77. The molecule has 0 heterocycles. The van der Waals surface area contributed by atoms with Crippen molar-refractivity contribution in [2.75, 3.05) is 7.11 Å². The predicted octanol–water partition coefficient (Wildman–Crippen LogP) is 4.22. The van der Waals surface area contributed by atoms with Gasteiger partial charge in [-0.1, -0.05) is 25.1 Å². The lowest BCUT2D eigenvalue weighted by Gasteiger charge is -2.56. The lowest BCUT2D eigenvalue weighted by atomic mass is 9.48. The number of aliphatic hydroxyl groups is 1. The molecule has 0 unspecified atom stereocenters. The molecule has 1 aromatic rings. The third-order valence-corrected chi connectivity index (χ3v) is 8.14. The number of hydrogen-bond donors (Lipinski definition) is 1. The summed E-state index contributed by atoms with van der Waals surface area (Å²) in [7, 11) is 1.75. The third-order valence-electron chi connectivity index (χ3n) is 8.14. The van der Waals surface area contributed by atoms with Gasteiger partial charge in [-0.25, -0.2) is 0 Å². The number of benzene rings is 1. The van der Waals surface area contributed by atoms with Crippen molar-refractivity contribution in [3.8, 4) is 5.75 Å². The van der Waals surface area contributed by atoms with Gasteiger partial charge in [0, 0.05) is 10.8 Å². The maximum atomic E-state index is 11.1. The van der Waals surface area contributed by atoms with Crippen molar-refractivity contribution < 1.29 is 9.84 Å². The molecule has 122 valence electrons. The summed E-state index contributed by atoms with van der Waals surface area (Å²) in [5.74, 6) is 2.33. The van der Waals surface area contributed by atoms with Crippen LogP contribution in [0.4, 0.5) is 0 Å². The summed E-state index contributed by atoms with van der Waals surface area (Å²) in [6.45, 7) is 2.36. The molecule has 4 aliphatic rings. The first-order valence-electron chi connectivity index (χ1n) is 9.13. The number of rotatable bonds is 1. The van der Waals surface area contributed by atoms with Gasteiger partial charge in [0.1, 0.15) is 5.75 Å². The van der Waals surface area contributed by atoms with Gasteiger partial charge in [-0.2, -0.15) is 0 Å². The summed E-state index contributed by atoms with van der Waals surface area (Å²) in [6, 6.07) is 6.68. The molecule has 0 radical (unpaired) electrons. The van der Waals surface area contributed by atoms with Gasteiger partial charge in [-0.15, -0.1) is 0 Å². The maximum Gasteiger partial charge on any atom is 0.119 e. The number of aryl methyl sites for hydroxylation is 1. The molecule has 0 aliphatic heterocycles. The van der Waals surface area contributed by atoms with Gasteiger partial charge in [0.05, 0.1) is 12.7 Å². The minimum Gasteiger partial charge on any atom is -0.497 e. The molecule has 5 atom stereocenters. The largest absolute Gasteiger partial charge is 0.497 e. The lowest BCUT2D eigenvalue weighted by Crippen LogP contribution is -2.52. The molecule has 2 nitrogen and oxygen atoms in total. The van der Waals surface area contributed by atoms with Crippen LogP contribution in [0.15, 0.2) is 30.4 Å². The molecule has 2 heteroatoms. The second-order valence-corrected chi connectivity index (χ2v) is 8.49. The molecule has 0 amide bonds. The summed E-state index contributed by atoms with van der Waals surface area (Å²) in [5, 5.41) is 11.1. The molecule has 2 saturated carbocycles. The molecule has 5 rings (SSSR count). The van der Waals surface area contributed by atoms with Gasteiger partial charge < -0.3 is 9.84 Å². The summed E-state index contributed by atoms with van der Waals surface area (Å²) < 4.78 is 5.42. The molecule has 2 fully saturated rings. The van der Waals surface area contributed by atoms with E-state index in [1.165, 1.54) is 24.8 Å². The zero-order chi connectivity index (χ0) is 15.9. The Morgan fingerprint density at radius 1 is 1.13 bits per heavy atom. The van der Waals surface area contributed by atoms with Crippen molar-refractivity contribution in [3.63, 3.8) is 0 Å². The van der Waals surface area contributed by atoms with E-state index < -0.39 is 5.60 Å². The topological polar surface area (TPSA) is 29.5 Å². The second-order valence-electron chi connectivity index (χ2n) is 8.49. The van der Waals surface area contributed by atoms with Crippen LogP contribution in [-0.4, -0.2) is 17.8 Å². The van der Waals surface area contributed by atoms with Gasteiger partial charge in [0.15, 0.2) is 0 Å². The monoisotopic (exact) mass is 310 g/mol. The predicted molar refractivity (Wildman–Crippen MR) is 90.6 cm³/mol. The van der Waals surface area contributed by atoms with E-state index in [1.54, 1.807) is 12.7 Å². The van der Waals surface area contributed by atoms with Crippen LogP contribution in [0.25, 0.3) is 0 Å². The number of hydrogen-bond acceptors (Lipinski definition) is 2. The van der Waals surface area contributed by atoms with Crippen molar-refractivity contribution in [1.82, 2.24) is 0 Å². The molecule has 0 aromatic heterocycles. The Hall–Kier alpha value is -1.28. The van der Waals surface area contributed by atoms with E-state index in [9.17, 15) is 5.11 Å². The zero-order valence-corrected chi connectivity index (χ0v) is 14.1. The van der Waals surface area contributed by atoms with Crippen LogP contribution in [0, 0.1) is 16.7 Å². The zero-order valence-electron chi connectivity index (χ0n) is 14.1. The minimum absolute atomic E-state index is 0.0607. The fourth-order valence-electron chi connectivity index (χ4n) is 6.77. The smallest absolute Gasteiger partial charge is 0.119 e. The first-order chi connectivity index (χ1) is 11.0. The van der Waals surface area contributed by atoms with Crippen LogP contribution in [0.3, 0.4) is 0 Å². The van der Waals surface area contributed by atoms with Crippen LogP contribution in [0.5, 0.6) is 5.75 Å². The van der Waals surface area contributed by atoms with Crippen LogP contribution in [0.1, 0.15) is 56.1 Å². The minimum atomic E-state index is -0.543. The molecular weight excluding hydrogens is 284 g/mol. The van der Waals surface area contributed by atoms with Gasteiger partial charge in [0.25, 0.3) is 0 Å². The SMILES string of the molecule is COc1ccc2c(c1)CC[C@@H]1[C@@H]2CC[C@@]2(C)[C@]13C=C[C@]2(O)CC3. The molecule has 1 aromatic carbocycles. The van der Waals surface area contributed by atoms with Crippen LogP contribution >= 0.6 is 0 Å². The van der Waals surface area contributed by atoms with Crippen molar-refractivity contribution in [2.24, 2.45) is 16.7 Å². The highest BCUT2D eigenvalue weighted by atomic mass is 16.5. The van der Waals surface area contributed by atoms with Crippen molar-refractivity contribution in [1.29, 1.82) is 0 Å². The average molecular weight is 310 g/mol. The van der Waals surface area contributed by atoms with E-state index in [4.69, 9.17) is 4.74 Å². The molecule has 0 saturated heterocycles. The molecule has 0 spiro atoms. The van der Waals surface area contributed by atoms with Crippen molar-refractivity contribution in [3.05, 3.63) is 41.5 Å². The van der Waals surface area contributed by atoms with Gasteiger partial charge in [-0.05, 0) is 73.6 Å². The highest BCUT2D eigenvalue weighted by Gasteiger charge is 2.70. The molecule has 4 aliphatic carbocycles. The van der Waals surface area contributed by atoms with E-state index in [2.05, 4.69) is 37.3 Å². The lowest BCUT2D eigenvalue weighted by molar-refractivity contribution is -0.0870. The molecule has 2 bridgehead atoms. The summed E-state index contributed by atoms with van der Waals surface area (Å²) >= 11 is 0. The molecular formula is C21H26O2. The van der Waals surface area contributed by atoms with E-state index in [-0.39, 0.29) is 10.8 Å². The average Bonchev–Trinajstić information content (AvgIpc) is 2.95. The third kappa shape index (κ3) is 1.45. The Balaban J connectivity index is 1.60. The normalized spacial score (nSPS) is 46.2. The molecule has 23 heavy (non-hydrogen) atoms. The number of allylic oxidation sites excluding steroid dienone is 1. The van der Waals surface area contributed by atoms with Crippen LogP contribution < -0.4 is 4.74 Å². The Morgan fingerprint density at radius 2 is 2.00 bits per heavy atom. The van der Waals surface area contributed by atoms with E-state index in [0.717, 1.165) is 25.0 Å². The summed E-state index contributed by atoms with van der Waals surface area (Å²) in [5.41, 5.74) is 2.78. The fraction of sp³-hybridized carbons (Fsp3) is 0.619. The molecule has 1 N–H and O–H groups in total. The van der Waals surface area contributed by atoms with Crippen molar-refractivity contribution in [2.45, 2.75) is 57.0 Å². The van der Waals surface area contributed by atoms with Crippen LogP contribution in [-0.2, 0) is 6.42 Å². The first kappa shape index (κ1) is 14.1. The van der Waals surface area contributed by atoms with E-state index >= 15 is 0 Å². The van der Waals surface area contributed by atoms with Gasteiger partial charge in [0.2, 0.25) is 0 Å². The number of ether oxygens (including phenoxy) is 1. The first-order valence-corrected chi connectivity index (χ1v) is 9.13. The standard InChI is InChI=1S/C21H26O2/c1-19-8-7-17-16-5-4-15(23-2)13-14(16)3-6-18(17)20(19)9-11-21(19,22)12-10-20/h4-5,9,11,13,17-18,22H,3,6-8,10,12H2,1-2H3/t17-,18-,19+,20+,21+/m1/s1. The summed E-state index contributed by atoms with van der Waals surface area (Å²) in [6.07, 6.45) is 11.5. The van der Waals surface area contributed by atoms with E-state index in [0.29, 0.717) is 11.8 Å². The number of fused-ring (bicyclic) bond motifs is 3. The Kier molecular flexibility index (Phi) is 2.58. The van der Waals surface area contributed by atoms with Gasteiger partial charge in [-0.3, -0.25) is 0 Å². The Bertz CT molecular complexity index is 708. The number of methoxy groups -OCH3 is 1. The highest BCUT2D eigenvalue weighted by Crippen LogP contribution is 2.74. The van der Waals surface area contributed by atoms with Crippen molar-refractivity contribution >= 4 is 0 Å². The van der Waals surface area contributed by atoms with Gasteiger partial charge >= 0.3 is 0 Å². The summed E-state index contributed by atoms with van der Waals surface area (Å²) in [4.78, 5) is 0. The quantitative estimate of drug-likeness (QED) is 0.787. The highest BCUT2D eigenvalue weighted by molar-refractivity contribution is 5.44. The Labute approximate surface area is 138 Å².